The van der Waals surface area contributed by atoms with Crippen LogP contribution < -0.4 is 0 Å². The first-order valence-corrected chi connectivity index (χ1v) is 25.6. The molecular formula is C73H44. The van der Waals surface area contributed by atoms with Gasteiger partial charge in [-0.1, -0.05) is 255 Å². The Balaban J connectivity index is 0.974. The summed E-state index contributed by atoms with van der Waals surface area (Å²) in [6.45, 7) is 0. The molecule has 0 radical (unpaired) electrons. The molecule has 0 unspecified atom stereocenters. The van der Waals surface area contributed by atoms with Crippen LogP contribution in [0.1, 0.15) is 22.3 Å². The lowest BCUT2D eigenvalue weighted by Crippen LogP contribution is -2.26. The van der Waals surface area contributed by atoms with Gasteiger partial charge in [-0.15, -0.1) is 0 Å². The van der Waals surface area contributed by atoms with Crippen molar-refractivity contribution in [2.75, 3.05) is 0 Å². The van der Waals surface area contributed by atoms with Crippen LogP contribution in [0.3, 0.4) is 0 Å². The van der Waals surface area contributed by atoms with Gasteiger partial charge in [0.05, 0.1) is 5.41 Å². The summed E-state index contributed by atoms with van der Waals surface area (Å²) in [5.41, 5.74) is 20.1. The van der Waals surface area contributed by atoms with Gasteiger partial charge in [0, 0.05) is 0 Å². The molecule has 2 aliphatic carbocycles. The monoisotopic (exact) mass is 920 g/mol. The van der Waals surface area contributed by atoms with Gasteiger partial charge in [-0.3, -0.25) is 0 Å². The van der Waals surface area contributed by atoms with E-state index in [1.54, 1.807) is 0 Å². The van der Waals surface area contributed by atoms with Gasteiger partial charge in [0.1, 0.15) is 0 Å². The fraction of sp³-hybridized carbons (Fsp3) is 0.0137. The molecule has 73 heavy (non-hydrogen) atoms. The highest BCUT2D eigenvalue weighted by molar-refractivity contribution is 6.25. The molecule has 16 rings (SSSR count). The molecule has 336 valence electrons. The summed E-state index contributed by atoms with van der Waals surface area (Å²) in [7, 11) is 0. The van der Waals surface area contributed by atoms with Crippen molar-refractivity contribution >= 4 is 64.6 Å². The molecule has 0 amide bonds. The Morgan fingerprint density at radius 3 is 0.836 bits per heavy atom. The van der Waals surface area contributed by atoms with Gasteiger partial charge in [-0.2, -0.15) is 0 Å². The minimum atomic E-state index is -0.563. The molecule has 0 atom stereocenters. The van der Waals surface area contributed by atoms with E-state index in [2.05, 4.69) is 267 Å². The zero-order chi connectivity index (χ0) is 47.8. The first-order valence-electron chi connectivity index (χ1n) is 25.6. The van der Waals surface area contributed by atoms with E-state index in [9.17, 15) is 0 Å². The molecule has 0 saturated carbocycles. The molecule has 0 aliphatic heterocycles. The SMILES string of the molecule is c1ccc2c(c1)-c1ccccc1C21c2cc(-c3c4ccccc4c(-c4cccc5ccccc45)c4ccccc34)ccc2-c2ccc(-c3c4ccccc4c(-c4cccc5ccccc45)c4ccccc34)cc21. The third-order valence-corrected chi connectivity index (χ3v) is 16.6. The summed E-state index contributed by atoms with van der Waals surface area (Å²) < 4.78 is 0. The molecule has 0 fully saturated rings. The quantitative estimate of drug-likeness (QED) is 0.154. The topological polar surface area (TPSA) is 0 Å². The lowest BCUT2D eigenvalue weighted by atomic mass is 9.69. The summed E-state index contributed by atoms with van der Waals surface area (Å²) in [5, 5.41) is 15.1. The van der Waals surface area contributed by atoms with Crippen LogP contribution in [0.5, 0.6) is 0 Å². The smallest absolute Gasteiger partial charge is 0.0619 e. The first kappa shape index (κ1) is 40.4. The molecule has 0 nitrogen and oxygen atoms in total. The van der Waals surface area contributed by atoms with Crippen LogP contribution in [0.25, 0.3) is 131 Å². The van der Waals surface area contributed by atoms with E-state index < -0.39 is 5.41 Å². The second-order valence-corrected chi connectivity index (χ2v) is 20.1. The van der Waals surface area contributed by atoms with Gasteiger partial charge < -0.3 is 0 Å². The van der Waals surface area contributed by atoms with Crippen LogP contribution in [0, 0.1) is 0 Å². The van der Waals surface area contributed by atoms with Gasteiger partial charge in [-0.25, -0.2) is 0 Å². The van der Waals surface area contributed by atoms with E-state index >= 15 is 0 Å². The molecule has 2 aliphatic rings. The second kappa shape index (κ2) is 15.3. The van der Waals surface area contributed by atoms with Crippen LogP contribution in [0.4, 0.5) is 0 Å². The molecule has 0 saturated heterocycles. The van der Waals surface area contributed by atoms with Crippen molar-refractivity contribution < 1.29 is 0 Å². The first-order chi connectivity index (χ1) is 36.3. The fourth-order valence-corrected chi connectivity index (χ4v) is 13.8. The highest BCUT2D eigenvalue weighted by Gasteiger charge is 2.52. The van der Waals surface area contributed by atoms with Crippen molar-refractivity contribution in [3.05, 3.63) is 289 Å². The number of benzene rings is 14. The Bertz CT molecular complexity index is 4260. The van der Waals surface area contributed by atoms with Crippen molar-refractivity contribution in [2.45, 2.75) is 5.41 Å². The molecule has 1 spiro atoms. The van der Waals surface area contributed by atoms with Crippen LogP contribution in [0.15, 0.2) is 267 Å². The zero-order valence-corrected chi connectivity index (χ0v) is 39.9. The molecule has 14 aromatic carbocycles. The Labute approximate surface area is 423 Å². The van der Waals surface area contributed by atoms with Crippen molar-refractivity contribution in [3.63, 3.8) is 0 Å². The minimum Gasteiger partial charge on any atom is -0.0619 e. The second-order valence-electron chi connectivity index (χ2n) is 20.1. The predicted octanol–water partition coefficient (Wildman–Crippen LogP) is 19.6. The van der Waals surface area contributed by atoms with E-state index in [1.165, 1.54) is 154 Å². The standard InChI is InChI=1S/C73H44/c1-3-23-49-45(19-1)21-17-35-55(49)71-61-31-9-5-27-57(61)69(58-28-6-10-32-62(58)71)47-39-41-53-54-42-40-48(44-68(54)73(67(53)43-47)65-37-15-13-25-51(65)52-26-14-16-38-66(52)73)70-59-29-7-11-33-63(59)72(64-34-12-8-30-60(64)70)56-36-18-22-46-20-2-4-24-50(46)56/h1-44H. The van der Waals surface area contributed by atoms with Crippen molar-refractivity contribution in [2.24, 2.45) is 0 Å². The maximum Gasteiger partial charge on any atom is 0.0725 e. The molecule has 0 aromatic heterocycles. The van der Waals surface area contributed by atoms with E-state index in [-0.39, 0.29) is 0 Å². The highest BCUT2D eigenvalue weighted by Crippen LogP contribution is 2.64. The molecule has 0 heterocycles. The molecule has 0 bridgehead atoms. The summed E-state index contributed by atoms with van der Waals surface area (Å²) in [6, 6.07) is 101. The van der Waals surface area contributed by atoms with Crippen molar-refractivity contribution in [1.82, 2.24) is 0 Å². The Kier molecular flexibility index (Phi) is 8.47. The normalized spacial score (nSPS) is 13.0. The Morgan fingerprint density at radius 1 is 0.178 bits per heavy atom. The summed E-state index contributed by atoms with van der Waals surface area (Å²) in [5.74, 6) is 0. The van der Waals surface area contributed by atoms with E-state index in [0.717, 1.165) is 0 Å². The maximum absolute atomic E-state index is 2.57. The average Bonchev–Trinajstić information content (AvgIpc) is 3.94. The highest BCUT2D eigenvalue weighted by atomic mass is 14.5. The number of fused-ring (bicyclic) bond motifs is 16. The number of rotatable bonds is 4. The van der Waals surface area contributed by atoms with Gasteiger partial charge in [-0.05, 0) is 166 Å². The summed E-state index contributed by atoms with van der Waals surface area (Å²) in [6.07, 6.45) is 0. The van der Waals surface area contributed by atoms with Crippen LogP contribution in [0.2, 0.25) is 0 Å². The van der Waals surface area contributed by atoms with Gasteiger partial charge in [0.15, 0.2) is 0 Å². The zero-order valence-electron chi connectivity index (χ0n) is 39.9. The minimum absolute atomic E-state index is 0.563. The molecular weight excluding hydrogens is 877 g/mol. The largest absolute Gasteiger partial charge is 0.0725 e. The van der Waals surface area contributed by atoms with E-state index in [4.69, 9.17) is 0 Å². The third-order valence-electron chi connectivity index (χ3n) is 16.6. The van der Waals surface area contributed by atoms with Crippen LogP contribution in [-0.2, 0) is 5.41 Å². The van der Waals surface area contributed by atoms with Crippen LogP contribution in [-0.4, -0.2) is 0 Å². The summed E-state index contributed by atoms with van der Waals surface area (Å²) >= 11 is 0. The lowest BCUT2D eigenvalue weighted by molar-refractivity contribution is 0.794. The van der Waals surface area contributed by atoms with Crippen molar-refractivity contribution in [1.29, 1.82) is 0 Å². The van der Waals surface area contributed by atoms with Gasteiger partial charge in [0.2, 0.25) is 0 Å². The van der Waals surface area contributed by atoms with Gasteiger partial charge in [0.25, 0.3) is 0 Å². The predicted molar refractivity (Wildman–Crippen MR) is 310 cm³/mol. The molecule has 0 N–H and O–H groups in total. The lowest BCUT2D eigenvalue weighted by Gasteiger charge is -2.31. The summed E-state index contributed by atoms with van der Waals surface area (Å²) in [4.78, 5) is 0. The molecule has 0 heteroatoms. The average molecular weight is 921 g/mol. The fourth-order valence-electron chi connectivity index (χ4n) is 13.8. The Morgan fingerprint density at radius 2 is 0.452 bits per heavy atom. The maximum atomic E-state index is 2.57. The Hall–Kier alpha value is -9.36. The van der Waals surface area contributed by atoms with Crippen LogP contribution >= 0.6 is 0 Å². The van der Waals surface area contributed by atoms with Crippen molar-refractivity contribution in [3.8, 4) is 66.8 Å². The molecule has 14 aromatic rings. The third kappa shape index (κ3) is 5.50. The van der Waals surface area contributed by atoms with E-state index in [0.29, 0.717) is 0 Å². The number of hydrogen-bond acceptors (Lipinski definition) is 0. The van der Waals surface area contributed by atoms with Gasteiger partial charge >= 0.3 is 0 Å². The van der Waals surface area contributed by atoms with E-state index in [1.807, 2.05) is 0 Å². The number of hydrogen-bond donors (Lipinski definition) is 0.